The molecule has 7 heteroatoms. The van der Waals surface area contributed by atoms with Gasteiger partial charge in [0, 0.05) is 16.5 Å². The Morgan fingerprint density at radius 1 is 1.38 bits per heavy atom. The fourth-order valence-electron chi connectivity index (χ4n) is 2.25. The van der Waals surface area contributed by atoms with Crippen molar-refractivity contribution in [3.05, 3.63) is 37.6 Å². The summed E-state index contributed by atoms with van der Waals surface area (Å²) < 4.78 is 11.3. The average Bonchev–Trinajstić information content (AvgIpc) is 2.41. The van der Waals surface area contributed by atoms with Crippen molar-refractivity contribution in [1.82, 2.24) is 0 Å². The van der Waals surface area contributed by atoms with Crippen molar-refractivity contribution < 1.29 is 13.9 Å². The number of benzene rings is 1. The smallest absolute Gasteiger partial charge is 0.339 e. The Labute approximate surface area is 142 Å². The van der Waals surface area contributed by atoms with Crippen molar-refractivity contribution in [3.8, 4) is 5.75 Å². The molecular weight excluding hydrogens is 427 g/mol. The zero-order valence-electron chi connectivity index (χ0n) is 11.4. The summed E-state index contributed by atoms with van der Waals surface area (Å²) in [6.07, 6.45) is 0. The van der Waals surface area contributed by atoms with Gasteiger partial charge in [0.2, 0.25) is 5.24 Å². The molecule has 1 heterocycles. The van der Waals surface area contributed by atoms with Crippen LogP contribution < -0.4 is 10.4 Å². The molecule has 2 rings (SSSR count). The summed E-state index contributed by atoms with van der Waals surface area (Å²) in [5.74, 6) is 0.573. The highest BCUT2D eigenvalue weighted by molar-refractivity contribution is 9.10. The third-order valence-corrected chi connectivity index (χ3v) is 5.21. The van der Waals surface area contributed by atoms with Gasteiger partial charge in [-0.25, -0.2) is 4.79 Å². The van der Waals surface area contributed by atoms with Crippen molar-refractivity contribution in [1.29, 1.82) is 0 Å². The molecule has 0 aliphatic heterocycles. The minimum absolute atomic E-state index is 0.342. The SMILES string of the molecule is COc1c(Br)cc2c(C(Br)C(=O)Cl)c(C)c(=O)oc2c1C. The zero-order chi connectivity index (χ0) is 15.9. The molecule has 0 bridgehead atoms. The van der Waals surface area contributed by atoms with Crippen LogP contribution in [-0.4, -0.2) is 12.4 Å². The van der Waals surface area contributed by atoms with Gasteiger partial charge < -0.3 is 9.15 Å². The van der Waals surface area contributed by atoms with E-state index < -0.39 is 15.7 Å². The van der Waals surface area contributed by atoms with Crippen LogP contribution in [0.3, 0.4) is 0 Å². The van der Waals surface area contributed by atoms with E-state index in [-0.39, 0.29) is 0 Å². The van der Waals surface area contributed by atoms with E-state index in [2.05, 4.69) is 31.9 Å². The van der Waals surface area contributed by atoms with Crippen molar-refractivity contribution >= 4 is 59.7 Å². The average molecular weight is 438 g/mol. The highest BCUT2D eigenvalue weighted by Crippen LogP contribution is 2.40. The topological polar surface area (TPSA) is 56.5 Å². The van der Waals surface area contributed by atoms with E-state index in [1.807, 2.05) is 0 Å². The van der Waals surface area contributed by atoms with Gasteiger partial charge in [-0.05, 0) is 53.0 Å². The third-order valence-electron chi connectivity index (χ3n) is 3.27. The molecule has 1 atom stereocenters. The first-order valence-corrected chi connectivity index (χ1v) is 8.02. The second kappa shape index (κ2) is 6.10. The number of carbonyl (C=O) groups is 1. The summed E-state index contributed by atoms with van der Waals surface area (Å²) in [5, 5.41) is 0.0303. The van der Waals surface area contributed by atoms with Gasteiger partial charge in [-0.3, -0.25) is 4.79 Å². The molecule has 0 aliphatic carbocycles. The van der Waals surface area contributed by atoms with Crippen LogP contribution in [-0.2, 0) is 4.79 Å². The van der Waals surface area contributed by atoms with Crippen LogP contribution in [0.4, 0.5) is 0 Å². The molecule has 0 radical (unpaired) electrons. The molecule has 0 N–H and O–H groups in total. The number of carbonyl (C=O) groups excluding carboxylic acids is 1. The quantitative estimate of drug-likeness (QED) is 0.405. The van der Waals surface area contributed by atoms with Gasteiger partial charge in [0.1, 0.15) is 16.2 Å². The van der Waals surface area contributed by atoms with Crippen LogP contribution in [0.5, 0.6) is 5.75 Å². The number of rotatable bonds is 3. The summed E-state index contributed by atoms with van der Waals surface area (Å²) in [7, 11) is 1.53. The van der Waals surface area contributed by atoms with Crippen molar-refractivity contribution in [2.75, 3.05) is 7.11 Å². The Morgan fingerprint density at radius 3 is 2.52 bits per heavy atom. The number of aryl methyl sites for hydroxylation is 1. The van der Waals surface area contributed by atoms with Gasteiger partial charge in [-0.1, -0.05) is 15.9 Å². The number of halogens is 3. The monoisotopic (exact) mass is 436 g/mol. The summed E-state index contributed by atoms with van der Waals surface area (Å²) in [6.45, 7) is 3.38. The lowest BCUT2D eigenvalue weighted by Crippen LogP contribution is -2.12. The van der Waals surface area contributed by atoms with Crippen molar-refractivity contribution in [2.24, 2.45) is 0 Å². The molecule has 0 saturated heterocycles. The van der Waals surface area contributed by atoms with E-state index in [0.29, 0.717) is 37.9 Å². The molecule has 2 aromatic rings. The summed E-state index contributed by atoms with van der Waals surface area (Å²) >= 11 is 12.2. The fraction of sp³-hybridized carbons (Fsp3) is 0.286. The predicted molar refractivity (Wildman–Crippen MR) is 88.7 cm³/mol. The first kappa shape index (κ1) is 16.5. The minimum Gasteiger partial charge on any atom is -0.495 e. The molecular formula is C14H11Br2ClO4. The van der Waals surface area contributed by atoms with E-state index in [4.69, 9.17) is 20.8 Å². The summed E-state index contributed by atoms with van der Waals surface area (Å²) in [6, 6.07) is 1.75. The molecule has 1 aromatic carbocycles. The van der Waals surface area contributed by atoms with Crippen LogP contribution >= 0.6 is 43.5 Å². The maximum Gasteiger partial charge on any atom is 0.339 e. The first-order chi connectivity index (χ1) is 9.79. The molecule has 1 aromatic heterocycles. The molecule has 4 nitrogen and oxygen atoms in total. The van der Waals surface area contributed by atoms with Gasteiger partial charge in [-0.2, -0.15) is 0 Å². The molecule has 21 heavy (non-hydrogen) atoms. The minimum atomic E-state index is -0.787. The van der Waals surface area contributed by atoms with Gasteiger partial charge in [0.25, 0.3) is 0 Å². The maximum atomic E-state index is 12.0. The van der Waals surface area contributed by atoms with Gasteiger partial charge in [-0.15, -0.1) is 0 Å². The van der Waals surface area contributed by atoms with Crippen LogP contribution in [0.15, 0.2) is 19.8 Å². The number of hydrogen-bond donors (Lipinski definition) is 0. The number of hydrogen-bond acceptors (Lipinski definition) is 4. The molecule has 112 valence electrons. The summed E-state index contributed by atoms with van der Waals surface area (Å²) in [5.41, 5.74) is 1.39. The van der Waals surface area contributed by atoms with E-state index >= 15 is 0 Å². The van der Waals surface area contributed by atoms with Crippen LogP contribution in [0.25, 0.3) is 11.0 Å². The molecule has 0 amide bonds. The van der Waals surface area contributed by atoms with E-state index in [0.717, 1.165) is 0 Å². The number of fused-ring (bicyclic) bond motifs is 1. The standard InChI is InChI=1S/C14H11Br2ClO4/c1-5-9(10(16)13(17)18)7-4-8(15)12(20-3)6(2)11(7)21-14(5)19/h4,10H,1-3H3. The maximum absolute atomic E-state index is 12.0. The Balaban J connectivity index is 3.00. The van der Waals surface area contributed by atoms with E-state index in [1.165, 1.54) is 7.11 Å². The lowest BCUT2D eigenvalue weighted by molar-refractivity contribution is -0.111. The Kier molecular flexibility index (Phi) is 4.80. The largest absolute Gasteiger partial charge is 0.495 e. The molecule has 0 spiro atoms. The lowest BCUT2D eigenvalue weighted by atomic mass is 10.0. The zero-order valence-corrected chi connectivity index (χ0v) is 15.3. The highest BCUT2D eigenvalue weighted by Gasteiger charge is 2.25. The van der Waals surface area contributed by atoms with Gasteiger partial charge >= 0.3 is 5.63 Å². The number of alkyl halides is 1. The Hall–Kier alpha value is -0.850. The second-order valence-corrected chi connectivity index (χ2v) is 6.63. The van der Waals surface area contributed by atoms with Gasteiger partial charge in [0.15, 0.2) is 0 Å². The van der Waals surface area contributed by atoms with E-state index in [1.54, 1.807) is 19.9 Å². The molecule has 0 aliphatic rings. The second-order valence-electron chi connectivity index (χ2n) is 4.49. The molecule has 0 saturated carbocycles. The summed E-state index contributed by atoms with van der Waals surface area (Å²) in [4.78, 5) is 22.7. The normalized spacial score (nSPS) is 12.5. The predicted octanol–water partition coefficient (Wildman–Crippen LogP) is 4.38. The first-order valence-electron chi connectivity index (χ1n) is 5.93. The lowest BCUT2D eigenvalue weighted by Gasteiger charge is -2.15. The number of methoxy groups -OCH3 is 1. The molecule has 0 fully saturated rings. The number of ether oxygens (including phenoxy) is 1. The third kappa shape index (κ3) is 2.76. The Bertz CT molecular complexity index is 798. The van der Waals surface area contributed by atoms with Crippen molar-refractivity contribution in [2.45, 2.75) is 18.7 Å². The van der Waals surface area contributed by atoms with Crippen LogP contribution in [0.2, 0.25) is 0 Å². The molecule has 1 unspecified atom stereocenters. The highest BCUT2D eigenvalue weighted by atomic mass is 79.9. The van der Waals surface area contributed by atoms with Crippen LogP contribution in [0.1, 0.15) is 21.5 Å². The fourth-order valence-corrected chi connectivity index (χ4v) is 3.63. The van der Waals surface area contributed by atoms with Gasteiger partial charge in [0.05, 0.1) is 11.6 Å². The Morgan fingerprint density at radius 2 is 2.00 bits per heavy atom. The van der Waals surface area contributed by atoms with E-state index in [9.17, 15) is 9.59 Å². The van der Waals surface area contributed by atoms with Crippen molar-refractivity contribution in [3.63, 3.8) is 0 Å². The van der Waals surface area contributed by atoms with Crippen LogP contribution in [0, 0.1) is 13.8 Å².